The van der Waals surface area contributed by atoms with E-state index in [1.54, 1.807) is 18.2 Å². The van der Waals surface area contributed by atoms with Crippen molar-refractivity contribution in [1.82, 2.24) is 10.4 Å². The summed E-state index contributed by atoms with van der Waals surface area (Å²) in [4.78, 5) is 25.5. The Morgan fingerprint density at radius 3 is 2.28 bits per heavy atom. The summed E-state index contributed by atoms with van der Waals surface area (Å²) in [6.07, 6.45) is 0. The van der Waals surface area contributed by atoms with E-state index in [1.807, 2.05) is 33.8 Å². The number of benzene rings is 2. The number of halogens is 1. The van der Waals surface area contributed by atoms with Gasteiger partial charge in [0.05, 0.1) is 5.54 Å². The Morgan fingerprint density at radius 1 is 1.04 bits per heavy atom. The van der Waals surface area contributed by atoms with Crippen LogP contribution in [0.4, 0.5) is 4.39 Å². The van der Waals surface area contributed by atoms with Gasteiger partial charge in [-0.15, -0.1) is 0 Å². The van der Waals surface area contributed by atoms with Gasteiger partial charge in [-0.05, 0) is 64.4 Å². The normalized spacial score (nSPS) is 11.1. The van der Waals surface area contributed by atoms with Crippen LogP contribution in [0.25, 0.3) is 0 Å². The summed E-state index contributed by atoms with van der Waals surface area (Å²) in [6, 6.07) is 11.5. The highest BCUT2D eigenvalue weighted by Crippen LogP contribution is 2.18. The van der Waals surface area contributed by atoms with Crippen molar-refractivity contribution < 1.29 is 14.0 Å². The molecule has 2 rings (SSSR count). The van der Waals surface area contributed by atoms with E-state index in [0.717, 1.165) is 5.56 Å². The fraction of sp³-hybridized carbons (Fsp3) is 0.300. The van der Waals surface area contributed by atoms with Crippen LogP contribution in [0, 0.1) is 19.7 Å². The summed E-state index contributed by atoms with van der Waals surface area (Å²) >= 11 is 0. The molecule has 0 fully saturated rings. The number of hydrogen-bond acceptors (Lipinski definition) is 2. The number of rotatable bonds is 2. The summed E-state index contributed by atoms with van der Waals surface area (Å²) in [5.74, 6) is -1.30. The number of carbonyl (C=O) groups is 2. The lowest BCUT2D eigenvalue weighted by atomic mass is 10.0. The highest BCUT2D eigenvalue weighted by Gasteiger charge is 2.30. The molecule has 0 aliphatic rings. The zero-order chi connectivity index (χ0) is 18.8. The summed E-state index contributed by atoms with van der Waals surface area (Å²) < 4.78 is 13.7. The zero-order valence-electron chi connectivity index (χ0n) is 15.2. The first-order valence-corrected chi connectivity index (χ1v) is 8.08. The lowest BCUT2D eigenvalue weighted by Crippen LogP contribution is -2.56. The Hall–Kier alpha value is -2.69. The first kappa shape index (κ1) is 18.6. The van der Waals surface area contributed by atoms with Crippen molar-refractivity contribution >= 4 is 11.8 Å². The van der Waals surface area contributed by atoms with E-state index < -0.39 is 17.3 Å². The summed E-state index contributed by atoms with van der Waals surface area (Å²) in [6.45, 7) is 8.89. The van der Waals surface area contributed by atoms with Gasteiger partial charge >= 0.3 is 0 Å². The van der Waals surface area contributed by atoms with Crippen molar-refractivity contribution in [2.75, 3.05) is 0 Å². The van der Waals surface area contributed by atoms with Gasteiger partial charge in [0.2, 0.25) is 0 Å². The third-order valence-electron chi connectivity index (χ3n) is 3.86. The standard InChI is InChI=1S/C20H23FN2O2/c1-13-8-6-9-15(12-13)19(25)23(20(3,4)5)22-18(24)16-10-7-11-17(21)14(16)2/h6-12H,1-5H3,(H,22,24). The fourth-order valence-electron chi connectivity index (χ4n) is 2.45. The first-order chi connectivity index (χ1) is 11.6. The van der Waals surface area contributed by atoms with E-state index in [2.05, 4.69) is 5.43 Å². The van der Waals surface area contributed by atoms with E-state index in [4.69, 9.17) is 0 Å². The molecule has 0 aliphatic heterocycles. The van der Waals surface area contributed by atoms with Crippen molar-refractivity contribution in [3.05, 3.63) is 70.5 Å². The van der Waals surface area contributed by atoms with Gasteiger partial charge in [0.15, 0.2) is 0 Å². The predicted molar refractivity (Wildman–Crippen MR) is 95.7 cm³/mol. The third-order valence-corrected chi connectivity index (χ3v) is 3.86. The predicted octanol–water partition coefficient (Wildman–Crippen LogP) is 4.03. The molecule has 0 saturated carbocycles. The SMILES string of the molecule is Cc1cccc(C(=O)N(NC(=O)c2cccc(F)c2C)C(C)(C)C)c1. The van der Waals surface area contributed by atoms with Crippen molar-refractivity contribution in [3.8, 4) is 0 Å². The molecule has 0 bridgehead atoms. The van der Waals surface area contributed by atoms with Gasteiger partial charge in [-0.1, -0.05) is 23.8 Å². The van der Waals surface area contributed by atoms with Crippen LogP contribution < -0.4 is 5.43 Å². The van der Waals surface area contributed by atoms with Gasteiger partial charge in [-0.2, -0.15) is 0 Å². The number of carbonyl (C=O) groups excluding carboxylic acids is 2. The lowest BCUT2D eigenvalue weighted by Gasteiger charge is -2.35. The molecule has 0 atom stereocenters. The molecule has 2 aromatic carbocycles. The van der Waals surface area contributed by atoms with Crippen LogP contribution in [0.5, 0.6) is 0 Å². The number of nitrogens with one attached hydrogen (secondary N) is 1. The molecular formula is C20H23FN2O2. The second-order valence-electron chi connectivity index (χ2n) is 7.03. The van der Waals surface area contributed by atoms with Gasteiger partial charge in [0.25, 0.3) is 11.8 Å². The van der Waals surface area contributed by atoms with Crippen LogP contribution in [0.15, 0.2) is 42.5 Å². The molecule has 0 unspecified atom stereocenters. The minimum absolute atomic E-state index is 0.200. The highest BCUT2D eigenvalue weighted by molar-refractivity contribution is 6.00. The van der Waals surface area contributed by atoms with Crippen LogP contribution in [0.3, 0.4) is 0 Å². The Morgan fingerprint density at radius 2 is 1.68 bits per heavy atom. The second kappa shape index (κ2) is 7.05. The average molecular weight is 342 g/mol. The largest absolute Gasteiger partial charge is 0.272 e. The molecule has 0 saturated heterocycles. The molecule has 25 heavy (non-hydrogen) atoms. The molecule has 1 N–H and O–H groups in total. The average Bonchev–Trinajstić information content (AvgIpc) is 2.53. The van der Waals surface area contributed by atoms with Gasteiger partial charge in [0, 0.05) is 11.1 Å². The molecule has 0 radical (unpaired) electrons. The molecule has 0 heterocycles. The first-order valence-electron chi connectivity index (χ1n) is 8.08. The van der Waals surface area contributed by atoms with Crippen molar-refractivity contribution in [1.29, 1.82) is 0 Å². The summed E-state index contributed by atoms with van der Waals surface area (Å²) in [5.41, 5.74) is 3.86. The van der Waals surface area contributed by atoms with E-state index in [9.17, 15) is 14.0 Å². The number of hydrogen-bond donors (Lipinski definition) is 1. The molecule has 132 valence electrons. The third kappa shape index (κ3) is 4.24. The van der Waals surface area contributed by atoms with E-state index in [1.165, 1.54) is 30.1 Å². The Balaban J connectivity index is 2.34. The Labute approximate surface area is 147 Å². The van der Waals surface area contributed by atoms with Gasteiger partial charge in [0.1, 0.15) is 5.82 Å². The maximum absolute atomic E-state index is 13.7. The Kier molecular flexibility index (Phi) is 5.26. The highest BCUT2D eigenvalue weighted by atomic mass is 19.1. The van der Waals surface area contributed by atoms with Crippen molar-refractivity contribution in [3.63, 3.8) is 0 Å². The maximum Gasteiger partial charge on any atom is 0.272 e. The van der Waals surface area contributed by atoms with Crippen LogP contribution in [-0.4, -0.2) is 22.4 Å². The molecule has 2 amide bonds. The van der Waals surface area contributed by atoms with E-state index in [0.29, 0.717) is 5.56 Å². The molecule has 0 spiro atoms. The smallest absolute Gasteiger partial charge is 0.267 e. The van der Waals surface area contributed by atoms with Crippen molar-refractivity contribution in [2.45, 2.75) is 40.2 Å². The van der Waals surface area contributed by atoms with Crippen molar-refractivity contribution in [2.24, 2.45) is 0 Å². The van der Waals surface area contributed by atoms with Crippen LogP contribution >= 0.6 is 0 Å². The molecule has 0 aliphatic carbocycles. The number of aryl methyl sites for hydroxylation is 1. The van der Waals surface area contributed by atoms with E-state index in [-0.39, 0.29) is 17.0 Å². The summed E-state index contributed by atoms with van der Waals surface area (Å²) in [5, 5.41) is 1.29. The van der Waals surface area contributed by atoms with Crippen LogP contribution in [-0.2, 0) is 0 Å². The molecular weight excluding hydrogens is 319 g/mol. The second-order valence-corrected chi connectivity index (χ2v) is 7.03. The number of amides is 2. The van der Waals surface area contributed by atoms with Crippen LogP contribution in [0.1, 0.15) is 52.6 Å². The topological polar surface area (TPSA) is 49.4 Å². The van der Waals surface area contributed by atoms with Crippen LogP contribution in [0.2, 0.25) is 0 Å². The number of hydrazine groups is 1. The lowest BCUT2D eigenvalue weighted by molar-refractivity contribution is 0.0358. The fourth-order valence-corrected chi connectivity index (χ4v) is 2.45. The minimum Gasteiger partial charge on any atom is -0.267 e. The molecule has 5 heteroatoms. The molecule has 4 nitrogen and oxygen atoms in total. The maximum atomic E-state index is 13.7. The molecule has 0 aromatic heterocycles. The Bertz CT molecular complexity index is 810. The minimum atomic E-state index is -0.655. The quantitative estimate of drug-likeness (QED) is 0.838. The monoisotopic (exact) mass is 342 g/mol. The summed E-state index contributed by atoms with van der Waals surface area (Å²) in [7, 11) is 0. The molecule has 2 aromatic rings. The zero-order valence-corrected chi connectivity index (χ0v) is 15.2. The van der Waals surface area contributed by atoms with Gasteiger partial charge in [-0.25, -0.2) is 9.40 Å². The van der Waals surface area contributed by atoms with Gasteiger partial charge in [-0.3, -0.25) is 15.0 Å². The van der Waals surface area contributed by atoms with Gasteiger partial charge < -0.3 is 0 Å². The van der Waals surface area contributed by atoms with E-state index >= 15 is 0 Å². The number of nitrogens with zero attached hydrogens (tertiary/aromatic N) is 1.